The minimum absolute atomic E-state index is 0.355. The molecule has 0 aromatic carbocycles. The molecule has 0 aliphatic rings. The van der Waals surface area contributed by atoms with E-state index in [1.54, 1.807) is 13.8 Å². The molecule has 1 aromatic rings. The van der Waals surface area contributed by atoms with Crippen molar-refractivity contribution in [1.29, 1.82) is 0 Å². The summed E-state index contributed by atoms with van der Waals surface area (Å²) in [7, 11) is -3.22. The summed E-state index contributed by atoms with van der Waals surface area (Å²) in [5.41, 5.74) is 5.35. The van der Waals surface area contributed by atoms with Gasteiger partial charge in [-0.25, -0.2) is 13.4 Å². The van der Waals surface area contributed by atoms with E-state index in [0.717, 1.165) is 0 Å². The molecule has 5 nitrogen and oxygen atoms in total. The fraction of sp³-hybridized carbons (Fsp3) is 0.667. The molecule has 1 rings (SSSR count). The van der Waals surface area contributed by atoms with Crippen LogP contribution in [0.5, 0.6) is 0 Å². The first-order valence-corrected chi connectivity index (χ1v) is 6.53. The molecule has 0 saturated carbocycles. The van der Waals surface area contributed by atoms with Crippen molar-refractivity contribution in [2.75, 3.05) is 12.8 Å². The fourth-order valence-electron chi connectivity index (χ4n) is 1.01. The molecule has 0 amide bonds. The second kappa shape index (κ2) is 3.94. The van der Waals surface area contributed by atoms with Crippen molar-refractivity contribution in [2.45, 2.75) is 25.0 Å². The first-order valence-electron chi connectivity index (χ1n) is 4.64. The molecule has 0 aliphatic carbocycles. The summed E-state index contributed by atoms with van der Waals surface area (Å²) in [6.45, 7) is 3.61. The molecule has 6 heteroatoms. The van der Waals surface area contributed by atoms with Gasteiger partial charge < -0.3 is 10.2 Å². The van der Waals surface area contributed by atoms with Gasteiger partial charge in [0.15, 0.2) is 15.7 Å². The maximum absolute atomic E-state index is 11.5. The number of nitrogens with zero attached hydrogens (tertiary/aromatic N) is 1. The van der Waals surface area contributed by atoms with Gasteiger partial charge >= 0.3 is 0 Å². The monoisotopic (exact) mass is 232 g/mol. The van der Waals surface area contributed by atoms with Crippen LogP contribution in [-0.2, 0) is 21.0 Å². The maximum atomic E-state index is 11.5. The van der Waals surface area contributed by atoms with Crippen LogP contribution in [0.25, 0.3) is 0 Å². The summed E-state index contributed by atoms with van der Waals surface area (Å²) in [4.78, 5) is 3.97. The van der Waals surface area contributed by atoms with Gasteiger partial charge in [0.25, 0.3) is 0 Å². The van der Waals surface area contributed by atoms with E-state index in [1.165, 1.54) is 12.5 Å². The van der Waals surface area contributed by atoms with Crippen molar-refractivity contribution in [2.24, 2.45) is 5.73 Å². The van der Waals surface area contributed by atoms with E-state index < -0.39 is 14.6 Å². The van der Waals surface area contributed by atoms with E-state index >= 15 is 0 Å². The summed E-state index contributed by atoms with van der Waals surface area (Å²) in [5, 5.41) is 0. The van der Waals surface area contributed by atoms with Crippen LogP contribution in [-0.4, -0.2) is 26.2 Å². The van der Waals surface area contributed by atoms with Crippen molar-refractivity contribution >= 4 is 9.84 Å². The molecule has 1 heterocycles. The highest BCUT2D eigenvalue weighted by Gasteiger charge is 2.36. The summed E-state index contributed by atoms with van der Waals surface area (Å²) < 4.78 is 27.3. The van der Waals surface area contributed by atoms with Crippen molar-refractivity contribution in [3.8, 4) is 0 Å². The summed E-state index contributed by atoms with van der Waals surface area (Å²) in [6.07, 6.45) is 3.14. The maximum Gasteiger partial charge on any atom is 0.195 e. The number of sulfone groups is 1. The highest BCUT2D eigenvalue weighted by molar-refractivity contribution is 7.91. The smallest absolute Gasteiger partial charge is 0.195 e. The van der Waals surface area contributed by atoms with E-state index in [-0.39, 0.29) is 0 Å². The predicted molar refractivity (Wildman–Crippen MR) is 57.1 cm³/mol. The first-order chi connectivity index (χ1) is 6.79. The highest BCUT2D eigenvalue weighted by Crippen LogP contribution is 2.29. The second-order valence-electron chi connectivity index (χ2n) is 3.94. The minimum atomic E-state index is -3.22. The van der Waals surface area contributed by atoms with Gasteiger partial charge in [-0.05, 0) is 13.8 Å². The van der Waals surface area contributed by atoms with Crippen molar-refractivity contribution in [1.82, 2.24) is 4.98 Å². The zero-order chi connectivity index (χ0) is 11.7. The van der Waals surface area contributed by atoms with Gasteiger partial charge in [0.2, 0.25) is 0 Å². The molecular formula is C9H16N2O3S. The SMILES string of the molecule is CC(C)(c1cnc(CCN)o1)S(C)(=O)=O. The van der Waals surface area contributed by atoms with Gasteiger partial charge in [0.1, 0.15) is 10.5 Å². The fourth-order valence-corrected chi connectivity index (χ4v) is 1.47. The van der Waals surface area contributed by atoms with Gasteiger partial charge in [0, 0.05) is 19.2 Å². The molecule has 86 valence electrons. The van der Waals surface area contributed by atoms with Crippen molar-refractivity contribution in [3.05, 3.63) is 17.8 Å². The van der Waals surface area contributed by atoms with Crippen LogP contribution in [0, 0.1) is 0 Å². The molecule has 0 radical (unpaired) electrons. The van der Waals surface area contributed by atoms with Crippen molar-refractivity contribution in [3.63, 3.8) is 0 Å². The van der Waals surface area contributed by atoms with E-state index in [0.29, 0.717) is 24.6 Å². The molecule has 0 spiro atoms. The third-order valence-corrected chi connectivity index (χ3v) is 4.49. The van der Waals surface area contributed by atoms with Crippen molar-refractivity contribution < 1.29 is 12.8 Å². The quantitative estimate of drug-likeness (QED) is 0.814. The first kappa shape index (κ1) is 12.2. The van der Waals surface area contributed by atoms with Crippen LogP contribution in [0.15, 0.2) is 10.6 Å². The zero-order valence-corrected chi connectivity index (χ0v) is 9.97. The van der Waals surface area contributed by atoms with Crippen LogP contribution in [0.4, 0.5) is 0 Å². The predicted octanol–water partition coefficient (Wildman–Crippen LogP) is 0.456. The number of nitrogens with two attached hydrogens (primary N) is 1. The normalized spacial score (nSPS) is 13.1. The van der Waals surface area contributed by atoms with Gasteiger partial charge in [0.05, 0.1) is 6.20 Å². The summed E-state index contributed by atoms with van der Waals surface area (Å²) >= 11 is 0. The molecule has 0 aliphatic heterocycles. The molecule has 0 fully saturated rings. The summed E-state index contributed by atoms with van der Waals surface area (Å²) in [6, 6.07) is 0. The molecule has 0 unspecified atom stereocenters. The van der Waals surface area contributed by atoms with Gasteiger partial charge in [-0.15, -0.1) is 0 Å². The lowest BCUT2D eigenvalue weighted by molar-refractivity contribution is 0.415. The van der Waals surface area contributed by atoms with Crippen LogP contribution < -0.4 is 5.73 Å². The lowest BCUT2D eigenvalue weighted by Crippen LogP contribution is -2.27. The average Bonchev–Trinajstić information content (AvgIpc) is 2.51. The Bertz CT molecular complexity index is 434. The Morgan fingerprint density at radius 3 is 2.60 bits per heavy atom. The topological polar surface area (TPSA) is 86.2 Å². The van der Waals surface area contributed by atoms with Crippen LogP contribution in [0.2, 0.25) is 0 Å². The minimum Gasteiger partial charge on any atom is -0.444 e. The molecule has 15 heavy (non-hydrogen) atoms. The standard InChI is InChI=1S/C9H16N2O3S/c1-9(2,15(3,12)13)7-6-11-8(14-7)4-5-10/h6H,4-5,10H2,1-3H3. The lowest BCUT2D eigenvalue weighted by atomic mass is 10.2. The molecule has 0 bridgehead atoms. The summed E-state index contributed by atoms with van der Waals surface area (Å²) in [5.74, 6) is 0.831. The van der Waals surface area contributed by atoms with E-state index in [4.69, 9.17) is 10.2 Å². The van der Waals surface area contributed by atoms with Crippen LogP contribution in [0.3, 0.4) is 0 Å². The largest absolute Gasteiger partial charge is 0.444 e. The van der Waals surface area contributed by atoms with Gasteiger partial charge in [-0.3, -0.25) is 0 Å². The van der Waals surface area contributed by atoms with Crippen LogP contribution >= 0.6 is 0 Å². The van der Waals surface area contributed by atoms with E-state index in [2.05, 4.69) is 4.98 Å². The Morgan fingerprint density at radius 2 is 2.13 bits per heavy atom. The number of aromatic nitrogens is 1. The van der Waals surface area contributed by atoms with E-state index in [1.807, 2.05) is 0 Å². The average molecular weight is 232 g/mol. The Morgan fingerprint density at radius 1 is 1.53 bits per heavy atom. The molecule has 2 N–H and O–H groups in total. The highest BCUT2D eigenvalue weighted by atomic mass is 32.2. The lowest BCUT2D eigenvalue weighted by Gasteiger charge is -2.18. The van der Waals surface area contributed by atoms with Gasteiger partial charge in [-0.1, -0.05) is 0 Å². The Hall–Kier alpha value is -0.880. The second-order valence-corrected chi connectivity index (χ2v) is 6.50. The molecular weight excluding hydrogens is 216 g/mol. The third-order valence-electron chi connectivity index (χ3n) is 2.43. The number of hydrogen-bond acceptors (Lipinski definition) is 5. The Balaban J connectivity index is 3.06. The number of hydrogen-bond donors (Lipinski definition) is 1. The Kier molecular flexibility index (Phi) is 3.20. The molecule has 0 atom stereocenters. The number of rotatable bonds is 4. The number of oxazole rings is 1. The van der Waals surface area contributed by atoms with E-state index in [9.17, 15) is 8.42 Å². The van der Waals surface area contributed by atoms with Crippen LogP contribution in [0.1, 0.15) is 25.5 Å². The third kappa shape index (κ3) is 2.38. The molecule has 1 aromatic heterocycles. The zero-order valence-electron chi connectivity index (χ0n) is 9.15. The Labute approximate surface area is 89.6 Å². The van der Waals surface area contributed by atoms with Gasteiger partial charge in [-0.2, -0.15) is 0 Å². The molecule has 0 saturated heterocycles.